The molecule has 0 aliphatic heterocycles. The van der Waals surface area contributed by atoms with E-state index in [0.717, 1.165) is 11.4 Å². The lowest BCUT2D eigenvalue weighted by molar-refractivity contribution is -0.383. The van der Waals surface area contributed by atoms with Gasteiger partial charge >= 0.3 is 0 Å². The zero-order chi connectivity index (χ0) is 12.1. The molecule has 6 heteroatoms. The molecule has 0 spiro atoms. The van der Waals surface area contributed by atoms with Crippen LogP contribution in [0.15, 0.2) is 18.2 Å². The predicted octanol–water partition coefficient (Wildman–Crippen LogP) is 2.34. The van der Waals surface area contributed by atoms with Crippen LogP contribution in [-0.4, -0.2) is 23.0 Å². The van der Waals surface area contributed by atoms with Gasteiger partial charge in [-0.1, -0.05) is 0 Å². The molecule has 1 unspecified atom stereocenters. The van der Waals surface area contributed by atoms with E-state index in [9.17, 15) is 10.1 Å². The van der Waals surface area contributed by atoms with Gasteiger partial charge in [-0.05, 0) is 25.3 Å². The predicted molar refractivity (Wildman–Crippen MR) is 69.0 cm³/mol. The van der Waals surface area contributed by atoms with E-state index in [4.69, 9.17) is 5.73 Å². The summed E-state index contributed by atoms with van der Waals surface area (Å²) in [5, 5.41) is 13.8. The Hall–Kier alpha value is -1.43. The van der Waals surface area contributed by atoms with Crippen molar-refractivity contribution in [2.75, 3.05) is 23.1 Å². The molecule has 0 bridgehead atoms. The summed E-state index contributed by atoms with van der Waals surface area (Å²) in [6.45, 7) is 2.05. The molecular weight excluding hydrogens is 226 g/mol. The van der Waals surface area contributed by atoms with Crippen molar-refractivity contribution >= 4 is 28.8 Å². The average Bonchev–Trinajstić information content (AvgIpc) is 2.17. The van der Waals surface area contributed by atoms with Crippen LogP contribution in [-0.2, 0) is 0 Å². The van der Waals surface area contributed by atoms with Crippen LogP contribution in [0.4, 0.5) is 17.1 Å². The lowest BCUT2D eigenvalue weighted by Crippen LogP contribution is -2.17. The Bertz CT molecular complexity index is 384. The highest BCUT2D eigenvalue weighted by atomic mass is 32.2. The van der Waals surface area contributed by atoms with E-state index in [-0.39, 0.29) is 11.4 Å². The molecule has 1 rings (SSSR count). The number of rotatable bonds is 5. The number of nitrogens with two attached hydrogens (primary N) is 1. The van der Waals surface area contributed by atoms with E-state index >= 15 is 0 Å². The number of benzene rings is 1. The summed E-state index contributed by atoms with van der Waals surface area (Å²) in [6.07, 6.45) is 2.03. The Labute approximate surface area is 98.6 Å². The monoisotopic (exact) mass is 241 g/mol. The summed E-state index contributed by atoms with van der Waals surface area (Å²) in [7, 11) is 0. The number of nitro benzene ring substituents is 1. The molecule has 0 heterocycles. The summed E-state index contributed by atoms with van der Waals surface area (Å²) in [5.74, 6) is 0.969. The standard InChI is InChI=1S/C10H15N3O2S/c1-7(6-16-2)12-8-3-4-10(13(14)15)9(11)5-8/h3-5,7,12H,6,11H2,1-2H3. The van der Waals surface area contributed by atoms with Crippen LogP contribution >= 0.6 is 11.8 Å². The normalized spacial score (nSPS) is 12.1. The minimum absolute atomic E-state index is 0.0527. The summed E-state index contributed by atoms with van der Waals surface area (Å²) in [4.78, 5) is 10.1. The first-order valence-electron chi connectivity index (χ1n) is 4.84. The Kier molecular flexibility index (Phi) is 4.42. The number of nitrogens with zero attached hydrogens (tertiary/aromatic N) is 1. The molecule has 0 aromatic heterocycles. The smallest absolute Gasteiger partial charge is 0.292 e. The van der Waals surface area contributed by atoms with Crippen molar-refractivity contribution < 1.29 is 4.92 Å². The Morgan fingerprint density at radius 3 is 2.81 bits per heavy atom. The topological polar surface area (TPSA) is 81.2 Å². The summed E-state index contributed by atoms with van der Waals surface area (Å²) < 4.78 is 0. The van der Waals surface area contributed by atoms with Gasteiger partial charge in [-0.2, -0.15) is 11.8 Å². The second-order valence-corrected chi connectivity index (χ2v) is 4.44. The fraction of sp³-hybridized carbons (Fsp3) is 0.400. The third kappa shape index (κ3) is 3.30. The molecule has 3 N–H and O–H groups in total. The van der Waals surface area contributed by atoms with Crippen LogP contribution in [0.2, 0.25) is 0 Å². The van der Waals surface area contributed by atoms with Gasteiger partial charge < -0.3 is 11.1 Å². The van der Waals surface area contributed by atoms with Gasteiger partial charge in [0.1, 0.15) is 5.69 Å². The number of hydrogen-bond acceptors (Lipinski definition) is 5. The van der Waals surface area contributed by atoms with Gasteiger partial charge in [0.15, 0.2) is 0 Å². The summed E-state index contributed by atoms with van der Waals surface area (Å²) in [6, 6.07) is 4.99. The first-order chi connectivity index (χ1) is 7.54. The van der Waals surface area contributed by atoms with E-state index in [1.807, 2.05) is 13.2 Å². The lowest BCUT2D eigenvalue weighted by Gasteiger charge is -2.14. The minimum atomic E-state index is -0.482. The Balaban J connectivity index is 2.77. The van der Waals surface area contributed by atoms with Crippen LogP contribution in [0, 0.1) is 10.1 Å². The van der Waals surface area contributed by atoms with Crippen LogP contribution in [0.25, 0.3) is 0 Å². The van der Waals surface area contributed by atoms with Gasteiger partial charge in [0.05, 0.1) is 4.92 Å². The third-order valence-corrected chi connectivity index (χ3v) is 2.89. The van der Waals surface area contributed by atoms with Gasteiger partial charge in [-0.3, -0.25) is 10.1 Å². The van der Waals surface area contributed by atoms with Crippen molar-refractivity contribution in [2.45, 2.75) is 13.0 Å². The number of nitrogens with one attached hydrogen (secondary N) is 1. The van der Waals surface area contributed by atoms with E-state index in [1.165, 1.54) is 6.07 Å². The molecule has 0 radical (unpaired) electrons. The van der Waals surface area contributed by atoms with E-state index < -0.39 is 4.92 Å². The van der Waals surface area contributed by atoms with Crippen LogP contribution in [0.3, 0.4) is 0 Å². The molecule has 0 aliphatic carbocycles. The fourth-order valence-corrected chi connectivity index (χ4v) is 1.97. The van der Waals surface area contributed by atoms with Gasteiger partial charge in [0.2, 0.25) is 0 Å². The quantitative estimate of drug-likeness (QED) is 0.470. The van der Waals surface area contributed by atoms with Crippen molar-refractivity contribution in [3.63, 3.8) is 0 Å². The van der Waals surface area contributed by atoms with Crippen LogP contribution in [0.5, 0.6) is 0 Å². The highest BCUT2D eigenvalue weighted by molar-refractivity contribution is 7.98. The number of hydrogen-bond donors (Lipinski definition) is 2. The van der Waals surface area contributed by atoms with E-state index in [0.29, 0.717) is 6.04 Å². The van der Waals surface area contributed by atoms with Gasteiger partial charge in [-0.15, -0.1) is 0 Å². The van der Waals surface area contributed by atoms with Crippen molar-refractivity contribution in [3.05, 3.63) is 28.3 Å². The first-order valence-corrected chi connectivity index (χ1v) is 6.23. The second kappa shape index (κ2) is 5.60. The van der Waals surface area contributed by atoms with E-state index in [2.05, 4.69) is 5.32 Å². The number of nitro groups is 1. The molecular formula is C10H15N3O2S. The lowest BCUT2D eigenvalue weighted by atomic mass is 10.2. The maximum Gasteiger partial charge on any atom is 0.292 e. The SMILES string of the molecule is CSCC(C)Nc1ccc([N+](=O)[O-])c(N)c1. The molecule has 16 heavy (non-hydrogen) atoms. The average molecular weight is 241 g/mol. The highest BCUT2D eigenvalue weighted by Gasteiger charge is 2.11. The van der Waals surface area contributed by atoms with Crippen molar-refractivity contribution in [3.8, 4) is 0 Å². The Morgan fingerprint density at radius 2 is 2.31 bits per heavy atom. The molecule has 1 aromatic carbocycles. The van der Waals surface area contributed by atoms with Gasteiger partial charge in [-0.25, -0.2) is 0 Å². The summed E-state index contributed by atoms with van der Waals surface area (Å²) >= 11 is 1.74. The molecule has 0 aliphatic rings. The zero-order valence-corrected chi connectivity index (χ0v) is 10.1. The molecule has 0 saturated carbocycles. The van der Waals surface area contributed by atoms with Crippen molar-refractivity contribution in [2.24, 2.45) is 0 Å². The maximum atomic E-state index is 10.6. The largest absolute Gasteiger partial charge is 0.393 e. The Morgan fingerprint density at radius 1 is 1.62 bits per heavy atom. The van der Waals surface area contributed by atoms with Crippen molar-refractivity contribution in [1.29, 1.82) is 0 Å². The zero-order valence-electron chi connectivity index (χ0n) is 9.27. The fourth-order valence-electron chi connectivity index (χ4n) is 1.39. The van der Waals surface area contributed by atoms with Crippen LogP contribution < -0.4 is 11.1 Å². The number of thioether (sulfide) groups is 1. The summed E-state index contributed by atoms with van der Waals surface area (Å²) in [5.41, 5.74) is 6.53. The molecule has 5 nitrogen and oxygen atoms in total. The third-order valence-electron chi connectivity index (χ3n) is 2.05. The molecule has 0 fully saturated rings. The highest BCUT2D eigenvalue weighted by Crippen LogP contribution is 2.25. The molecule has 1 atom stereocenters. The van der Waals surface area contributed by atoms with E-state index in [1.54, 1.807) is 23.9 Å². The van der Waals surface area contributed by atoms with Gasteiger partial charge in [0, 0.05) is 23.5 Å². The molecule has 1 aromatic rings. The first kappa shape index (κ1) is 12.6. The molecule has 0 amide bonds. The van der Waals surface area contributed by atoms with Crippen molar-refractivity contribution in [1.82, 2.24) is 0 Å². The van der Waals surface area contributed by atoms with Gasteiger partial charge in [0.25, 0.3) is 5.69 Å². The molecule has 0 saturated heterocycles. The maximum absolute atomic E-state index is 10.6. The van der Waals surface area contributed by atoms with Crippen LogP contribution in [0.1, 0.15) is 6.92 Å². The minimum Gasteiger partial charge on any atom is -0.393 e. The molecule has 88 valence electrons. The number of nitrogen functional groups attached to an aromatic ring is 1. The number of anilines is 2. The second-order valence-electron chi connectivity index (χ2n) is 3.53.